The highest BCUT2D eigenvalue weighted by Gasteiger charge is 2.12. The number of aromatic nitrogens is 2. The molecule has 0 radical (unpaired) electrons. The summed E-state index contributed by atoms with van der Waals surface area (Å²) >= 11 is 0. The van der Waals surface area contributed by atoms with Gasteiger partial charge in [0.2, 0.25) is 5.95 Å². The predicted molar refractivity (Wildman–Crippen MR) is 113 cm³/mol. The normalized spacial score (nSPS) is 11.0. The first-order chi connectivity index (χ1) is 13.2. The van der Waals surface area contributed by atoms with Gasteiger partial charge in [0.25, 0.3) is 0 Å². The quantitative estimate of drug-likeness (QED) is 0.514. The van der Waals surface area contributed by atoms with Crippen LogP contribution in [0.5, 0.6) is 5.75 Å². The Labute approximate surface area is 163 Å². The topological polar surface area (TPSA) is 73.1 Å². The number of nitrogens with two attached hydrogens (primary N) is 1. The highest BCUT2D eigenvalue weighted by atomic mass is 16.5. The molecular formula is C22H34N4O. The summed E-state index contributed by atoms with van der Waals surface area (Å²) in [6.45, 7) is 4.44. The molecule has 0 unspecified atom stereocenters. The van der Waals surface area contributed by atoms with Crippen LogP contribution in [-0.2, 0) is 12.8 Å². The number of nitrogens with zero attached hydrogens (tertiary/aromatic N) is 2. The lowest BCUT2D eigenvalue weighted by Gasteiger charge is -2.20. The highest BCUT2D eigenvalue weighted by Crippen LogP contribution is 2.20. The van der Waals surface area contributed by atoms with E-state index in [9.17, 15) is 0 Å². The molecule has 0 bridgehead atoms. The molecule has 0 aliphatic carbocycles. The molecular weight excluding hydrogens is 336 g/mol. The number of unbranched alkanes of at least 4 members (excludes halogenated alkanes) is 1. The van der Waals surface area contributed by atoms with Gasteiger partial charge in [-0.05, 0) is 56.2 Å². The molecule has 1 heterocycles. The number of rotatable bonds is 12. The van der Waals surface area contributed by atoms with Gasteiger partial charge in [-0.1, -0.05) is 38.8 Å². The largest absolute Gasteiger partial charge is 0.497 e. The van der Waals surface area contributed by atoms with Crippen molar-refractivity contribution in [1.82, 2.24) is 9.97 Å². The average molecular weight is 371 g/mol. The van der Waals surface area contributed by atoms with E-state index in [2.05, 4.69) is 41.3 Å². The van der Waals surface area contributed by atoms with Crippen LogP contribution in [0.2, 0.25) is 0 Å². The van der Waals surface area contributed by atoms with Crippen LogP contribution in [0.3, 0.4) is 0 Å². The summed E-state index contributed by atoms with van der Waals surface area (Å²) in [7, 11) is 1.70. The number of hydrogen-bond acceptors (Lipinski definition) is 5. The van der Waals surface area contributed by atoms with Gasteiger partial charge >= 0.3 is 0 Å². The highest BCUT2D eigenvalue weighted by molar-refractivity contribution is 5.46. The maximum absolute atomic E-state index is 5.83. The molecule has 148 valence electrons. The Morgan fingerprint density at radius 1 is 1.04 bits per heavy atom. The number of anilines is 2. The van der Waals surface area contributed by atoms with Crippen molar-refractivity contribution >= 4 is 11.8 Å². The summed E-state index contributed by atoms with van der Waals surface area (Å²) in [5.74, 6) is 2.16. The van der Waals surface area contributed by atoms with Crippen molar-refractivity contribution in [2.45, 2.75) is 71.3 Å². The third kappa shape index (κ3) is 7.08. The second-order valence-electron chi connectivity index (χ2n) is 7.08. The lowest BCUT2D eigenvalue weighted by atomic mass is 10.0. The Morgan fingerprint density at radius 3 is 2.33 bits per heavy atom. The molecule has 1 aromatic heterocycles. The van der Waals surface area contributed by atoms with Crippen LogP contribution in [0.4, 0.5) is 11.8 Å². The zero-order valence-corrected chi connectivity index (χ0v) is 17.0. The smallest absolute Gasteiger partial charge is 0.221 e. The monoisotopic (exact) mass is 370 g/mol. The molecule has 0 spiro atoms. The number of nitrogens with one attached hydrogen (secondary N) is 1. The minimum absolute atomic E-state index is 0.339. The van der Waals surface area contributed by atoms with Gasteiger partial charge in [-0.3, -0.25) is 0 Å². The van der Waals surface area contributed by atoms with Crippen molar-refractivity contribution in [2.24, 2.45) is 0 Å². The Balaban J connectivity index is 1.90. The summed E-state index contributed by atoms with van der Waals surface area (Å²) in [6, 6.07) is 8.77. The first-order valence-electron chi connectivity index (χ1n) is 10.2. The molecule has 5 heteroatoms. The third-order valence-electron chi connectivity index (χ3n) is 4.82. The van der Waals surface area contributed by atoms with E-state index in [0.717, 1.165) is 68.5 Å². The van der Waals surface area contributed by atoms with Gasteiger partial charge < -0.3 is 15.8 Å². The van der Waals surface area contributed by atoms with E-state index in [1.54, 1.807) is 7.11 Å². The molecule has 0 fully saturated rings. The van der Waals surface area contributed by atoms with Crippen LogP contribution in [-0.4, -0.2) is 23.1 Å². The maximum atomic E-state index is 5.83. The van der Waals surface area contributed by atoms with Crippen molar-refractivity contribution in [3.8, 4) is 5.75 Å². The Bertz CT molecular complexity index is 667. The van der Waals surface area contributed by atoms with Crippen molar-refractivity contribution < 1.29 is 4.74 Å². The maximum Gasteiger partial charge on any atom is 0.221 e. The SMILES string of the molecule is CCCC(CCC)Nc1nc(N)ncc1CCCCc1ccc(OC)cc1. The molecule has 1 aromatic carbocycles. The fourth-order valence-electron chi connectivity index (χ4n) is 3.34. The fraction of sp³-hybridized carbons (Fsp3) is 0.545. The summed E-state index contributed by atoms with van der Waals surface area (Å²) < 4.78 is 5.21. The first-order valence-corrected chi connectivity index (χ1v) is 10.2. The van der Waals surface area contributed by atoms with Crippen molar-refractivity contribution in [1.29, 1.82) is 0 Å². The van der Waals surface area contributed by atoms with E-state index in [1.165, 1.54) is 5.56 Å². The lowest BCUT2D eigenvalue weighted by Crippen LogP contribution is -2.21. The molecule has 3 N–H and O–H groups in total. The number of nitrogen functional groups attached to an aromatic ring is 1. The molecule has 0 amide bonds. The molecule has 0 saturated heterocycles. The molecule has 27 heavy (non-hydrogen) atoms. The third-order valence-corrected chi connectivity index (χ3v) is 4.82. The number of hydrogen-bond donors (Lipinski definition) is 2. The van der Waals surface area contributed by atoms with Gasteiger partial charge in [-0.15, -0.1) is 0 Å². The molecule has 0 saturated carbocycles. The second-order valence-corrected chi connectivity index (χ2v) is 7.08. The van der Waals surface area contributed by atoms with Gasteiger partial charge in [-0.2, -0.15) is 4.98 Å². The minimum Gasteiger partial charge on any atom is -0.497 e. The summed E-state index contributed by atoms with van der Waals surface area (Å²) in [5, 5.41) is 3.62. The van der Waals surface area contributed by atoms with E-state index in [-0.39, 0.29) is 0 Å². The van der Waals surface area contributed by atoms with E-state index in [0.29, 0.717) is 12.0 Å². The zero-order valence-electron chi connectivity index (χ0n) is 17.0. The average Bonchev–Trinajstić information content (AvgIpc) is 2.67. The summed E-state index contributed by atoms with van der Waals surface area (Å²) in [5.41, 5.74) is 8.34. The van der Waals surface area contributed by atoms with Crippen LogP contribution >= 0.6 is 0 Å². The zero-order chi connectivity index (χ0) is 19.5. The molecule has 0 atom stereocenters. The van der Waals surface area contributed by atoms with Crippen LogP contribution in [0.25, 0.3) is 0 Å². The second kappa shape index (κ2) is 11.4. The number of methoxy groups -OCH3 is 1. The Kier molecular flexibility index (Phi) is 8.89. The van der Waals surface area contributed by atoms with E-state index >= 15 is 0 Å². The van der Waals surface area contributed by atoms with Gasteiger partial charge in [0.1, 0.15) is 11.6 Å². The predicted octanol–water partition coefficient (Wildman–Crippen LogP) is 5.01. The van der Waals surface area contributed by atoms with Gasteiger partial charge in [0.05, 0.1) is 7.11 Å². The molecule has 2 aromatic rings. The summed E-state index contributed by atoms with van der Waals surface area (Å²) in [6.07, 6.45) is 10.8. The van der Waals surface area contributed by atoms with Gasteiger partial charge in [-0.25, -0.2) is 4.98 Å². The van der Waals surface area contributed by atoms with Gasteiger partial charge in [0, 0.05) is 17.8 Å². The molecule has 2 rings (SSSR count). The van der Waals surface area contributed by atoms with Gasteiger partial charge in [0.15, 0.2) is 0 Å². The number of ether oxygens (including phenoxy) is 1. The molecule has 5 nitrogen and oxygen atoms in total. The Hall–Kier alpha value is -2.30. The van der Waals surface area contributed by atoms with Crippen molar-refractivity contribution in [2.75, 3.05) is 18.2 Å². The Morgan fingerprint density at radius 2 is 1.70 bits per heavy atom. The van der Waals surface area contributed by atoms with Crippen LogP contribution in [0.1, 0.15) is 63.5 Å². The van der Waals surface area contributed by atoms with Crippen LogP contribution in [0, 0.1) is 0 Å². The van der Waals surface area contributed by atoms with Crippen LogP contribution in [0.15, 0.2) is 30.5 Å². The molecule has 0 aliphatic heterocycles. The van der Waals surface area contributed by atoms with Crippen molar-refractivity contribution in [3.63, 3.8) is 0 Å². The standard InChI is InChI=1S/C22H34N4O/c1-4-8-19(9-5-2)25-21-18(16-24-22(23)26-21)11-7-6-10-17-12-14-20(27-3)15-13-17/h12-16,19H,4-11H2,1-3H3,(H3,23,24,25,26). The van der Waals surface area contributed by atoms with E-state index in [4.69, 9.17) is 10.5 Å². The van der Waals surface area contributed by atoms with Crippen LogP contribution < -0.4 is 15.8 Å². The number of benzene rings is 1. The van der Waals surface area contributed by atoms with E-state index in [1.807, 2.05) is 18.3 Å². The number of aryl methyl sites for hydroxylation is 2. The fourth-order valence-corrected chi connectivity index (χ4v) is 3.34. The minimum atomic E-state index is 0.339. The lowest BCUT2D eigenvalue weighted by molar-refractivity contribution is 0.414. The van der Waals surface area contributed by atoms with E-state index < -0.39 is 0 Å². The summed E-state index contributed by atoms with van der Waals surface area (Å²) in [4.78, 5) is 8.68. The van der Waals surface area contributed by atoms with Crippen molar-refractivity contribution in [3.05, 3.63) is 41.6 Å². The molecule has 0 aliphatic rings. The first kappa shape index (κ1) is 21.0.